The molecule has 0 saturated heterocycles. The highest BCUT2D eigenvalue weighted by Gasteiger charge is 2.33. The molecular weight excluding hydrogens is 336 g/mol. The molecule has 0 fully saturated rings. The second-order valence-electron chi connectivity index (χ2n) is 6.37. The molecule has 2 aromatic heterocycles. The van der Waals surface area contributed by atoms with Crippen molar-refractivity contribution in [3.8, 4) is 11.5 Å². The number of aromatic amines is 1. The van der Waals surface area contributed by atoms with Crippen LogP contribution in [0.25, 0.3) is 5.65 Å². The summed E-state index contributed by atoms with van der Waals surface area (Å²) in [6.45, 7) is 0.926. The summed E-state index contributed by atoms with van der Waals surface area (Å²) in [5.74, 6) is 1.06. The lowest BCUT2D eigenvalue weighted by molar-refractivity contribution is -0.142. The van der Waals surface area contributed by atoms with Crippen molar-refractivity contribution >= 4 is 11.6 Å². The van der Waals surface area contributed by atoms with Crippen LogP contribution in [-0.4, -0.2) is 44.7 Å². The number of para-hydroxylation sites is 2. The molecule has 1 aromatic carbocycles. The van der Waals surface area contributed by atoms with Crippen LogP contribution >= 0.6 is 0 Å². The predicted molar refractivity (Wildman–Crippen MR) is 91.3 cm³/mol. The van der Waals surface area contributed by atoms with Crippen LogP contribution in [0.4, 0.5) is 0 Å². The molecule has 0 aliphatic carbocycles. The number of nitrogens with one attached hydrogen (secondary N) is 1. The van der Waals surface area contributed by atoms with Crippen LogP contribution in [0, 0.1) is 0 Å². The largest absolute Gasteiger partial charge is 0.485 e. The van der Waals surface area contributed by atoms with Gasteiger partial charge in [0, 0.05) is 24.4 Å². The third-order valence-electron chi connectivity index (χ3n) is 4.79. The lowest BCUT2D eigenvalue weighted by atomic mass is 10.1. The topological polar surface area (TPSA) is 88.9 Å². The highest BCUT2D eigenvalue weighted by atomic mass is 16.6. The van der Waals surface area contributed by atoms with E-state index in [0.29, 0.717) is 47.9 Å². The molecule has 132 valence electrons. The van der Waals surface area contributed by atoms with Crippen LogP contribution in [0.3, 0.4) is 0 Å². The maximum absolute atomic E-state index is 12.9. The van der Waals surface area contributed by atoms with E-state index in [1.807, 2.05) is 18.2 Å². The summed E-state index contributed by atoms with van der Waals surface area (Å²) >= 11 is 0. The van der Waals surface area contributed by atoms with Crippen molar-refractivity contribution in [3.63, 3.8) is 0 Å². The van der Waals surface area contributed by atoms with Gasteiger partial charge in [0.2, 0.25) is 6.10 Å². The lowest BCUT2D eigenvalue weighted by Crippen LogP contribution is -2.49. The zero-order valence-corrected chi connectivity index (χ0v) is 13.8. The molecule has 1 amide bonds. The first kappa shape index (κ1) is 15.0. The average Bonchev–Trinajstić information content (AvgIpc) is 3.15. The normalized spacial score (nSPS) is 18.6. The minimum atomic E-state index is -0.691. The summed E-state index contributed by atoms with van der Waals surface area (Å²) in [5.41, 5.74) is 1.74. The van der Waals surface area contributed by atoms with Crippen LogP contribution < -0.4 is 15.0 Å². The van der Waals surface area contributed by atoms with Crippen molar-refractivity contribution in [2.24, 2.45) is 0 Å². The Hall–Kier alpha value is -3.29. The number of benzene rings is 1. The molecule has 0 radical (unpaired) electrons. The maximum atomic E-state index is 12.9. The number of rotatable bonds is 1. The highest BCUT2D eigenvalue weighted by molar-refractivity contribution is 5.82. The third kappa shape index (κ3) is 2.26. The fourth-order valence-corrected chi connectivity index (χ4v) is 3.46. The molecule has 4 heterocycles. The Morgan fingerprint density at radius 3 is 2.96 bits per heavy atom. The van der Waals surface area contributed by atoms with E-state index in [-0.39, 0.29) is 18.1 Å². The molecular formula is C18H16N4O4. The minimum absolute atomic E-state index is 0.103. The van der Waals surface area contributed by atoms with Crippen molar-refractivity contribution < 1.29 is 14.3 Å². The van der Waals surface area contributed by atoms with E-state index < -0.39 is 6.10 Å². The van der Waals surface area contributed by atoms with Crippen LogP contribution in [0.15, 0.2) is 41.3 Å². The van der Waals surface area contributed by atoms with Crippen molar-refractivity contribution in [3.05, 3.63) is 58.1 Å². The van der Waals surface area contributed by atoms with Crippen LogP contribution in [0.5, 0.6) is 11.5 Å². The summed E-state index contributed by atoms with van der Waals surface area (Å²) in [4.78, 5) is 31.6. The molecule has 0 unspecified atom stereocenters. The molecule has 8 nitrogen and oxygen atoms in total. The van der Waals surface area contributed by atoms with Crippen molar-refractivity contribution in [2.45, 2.75) is 19.1 Å². The lowest BCUT2D eigenvalue weighted by Gasteiger charge is -2.32. The summed E-state index contributed by atoms with van der Waals surface area (Å²) in [6.07, 6.45) is 1.45. The molecule has 0 bridgehead atoms. The molecule has 2 aliphatic rings. The van der Waals surface area contributed by atoms with E-state index in [9.17, 15) is 9.59 Å². The summed E-state index contributed by atoms with van der Waals surface area (Å²) in [5, 5.41) is 2.86. The Balaban J connectivity index is 1.40. The van der Waals surface area contributed by atoms with E-state index in [0.717, 1.165) is 0 Å². The molecule has 8 heteroatoms. The van der Waals surface area contributed by atoms with E-state index in [4.69, 9.17) is 9.47 Å². The quantitative estimate of drug-likeness (QED) is 0.698. The molecule has 0 saturated carbocycles. The fourth-order valence-electron chi connectivity index (χ4n) is 3.46. The van der Waals surface area contributed by atoms with Gasteiger partial charge in [0.05, 0.1) is 12.2 Å². The fraction of sp³-hybridized carbons (Fsp3) is 0.278. The number of carbonyl (C=O) groups is 1. The predicted octanol–water partition coefficient (Wildman–Crippen LogP) is 0.747. The number of fused-ring (bicyclic) bond motifs is 3. The Labute approximate surface area is 148 Å². The SMILES string of the molecule is O=C([C@H]1COc2ccccc2O1)N1CCc2c(nc3cc[nH]n3c2=O)C1. The Morgan fingerprint density at radius 2 is 2.08 bits per heavy atom. The molecule has 1 atom stereocenters. The van der Waals surface area contributed by atoms with Gasteiger partial charge in [0.1, 0.15) is 6.61 Å². The van der Waals surface area contributed by atoms with Gasteiger partial charge in [-0.1, -0.05) is 12.1 Å². The minimum Gasteiger partial charge on any atom is -0.485 e. The Kier molecular flexibility index (Phi) is 3.24. The number of ether oxygens (including phenoxy) is 2. The first-order valence-corrected chi connectivity index (χ1v) is 8.46. The standard InChI is InChI=1S/C18H16N4O4/c23-17-11-6-8-21(9-12(11)20-16-5-7-19-22(16)17)18(24)15-10-25-13-3-1-2-4-14(13)26-15/h1-5,7,15,19H,6,8-10H2/t15-/m1/s1. The first-order valence-electron chi connectivity index (χ1n) is 8.46. The number of hydrogen-bond donors (Lipinski definition) is 1. The smallest absolute Gasteiger partial charge is 0.276 e. The summed E-state index contributed by atoms with van der Waals surface area (Å²) < 4.78 is 12.9. The number of aromatic nitrogens is 3. The van der Waals surface area contributed by atoms with Gasteiger partial charge >= 0.3 is 0 Å². The van der Waals surface area contributed by atoms with E-state index in [1.165, 1.54) is 4.52 Å². The second kappa shape index (κ2) is 5.62. The first-order chi connectivity index (χ1) is 12.7. The van der Waals surface area contributed by atoms with E-state index in [2.05, 4.69) is 10.1 Å². The van der Waals surface area contributed by atoms with Gasteiger partial charge in [0.25, 0.3) is 11.5 Å². The third-order valence-corrected chi connectivity index (χ3v) is 4.79. The van der Waals surface area contributed by atoms with Gasteiger partial charge in [-0.25, -0.2) is 9.50 Å². The van der Waals surface area contributed by atoms with Gasteiger partial charge in [-0.05, 0) is 18.6 Å². The average molecular weight is 352 g/mol. The molecule has 3 aromatic rings. The maximum Gasteiger partial charge on any atom is 0.276 e. The van der Waals surface area contributed by atoms with Crippen molar-refractivity contribution in [2.75, 3.05) is 13.2 Å². The Bertz CT molecular complexity index is 1070. The van der Waals surface area contributed by atoms with Crippen LogP contribution in [-0.2, 0) is 17.8 Å². The monoisotopic (exact) mass is 352 g/mol. The van der Waals surface area contributed by atoms with Crippen LogP contribution in [0.1, 0.15) is 11.3 Å². The number of H-pyrrole nitrogens is 1. The van der Waals surface area contributed by atoms with Crippen molar-refractivity contribution in [1.29, 1.82) is 0 Å². The molecule has 0 spiro atoms. The Morgan fingerprint density at radius 1 is 1.23 bits per heavy atom. The number of hydrogen-bond acceptors (Lipinski definition) is 5. The zero-order valence-electron chi connectivity index (χ0n) is 13.8. The van der Waals surface area contributed by atoms with Crippen molar-refractivity contribution in [1.82, 2.24) is 19.5 Å². The van der Waals surface area contributed by atoms with Crippen LogP contribution in [0.2, 0.25) is 0 Å². The summed E-state index contributed by atoms with van der Waals surface area (Å²) in [6, 6.07) is 9.03. The number of nitrogens with zero attached hydrogens (tertiary/aromatic N) is 3. The second-order valence-corrected chi connectivity index (χ2v) is 6.37. The molecule has 1 N–H and O–H groups in total. The van der Waals surface area contributed by atoms with E-state index >= 15 is 0 Å². The van der Waals surface area contributed by atoms with Gasteiger partial charge in [0.15, 0.2) is 17.1 Å². The van der Waals surface area contributed by atoms with Gasteiger partial charge in [-0.3, -0.25) is 14.7 Å². The highest BCUT2D eigenvalue weighted by Crippen LogP contribution is 2.31. The molecule has 26 heavy (non-hydrogen) atoms. The van der Waals surface area contributed by atoms with Gasteiger partial charge < -0.3 is 14.4 Å². The number of amides is 1. The van der Waals surface area contributed by atoms with Gasteiger partial charge in [-0.15, -0.1) is 0 Å². The zero-order chi connectivity index (χ0) is 17.7. The van der Waals surface area contributed by atoms with E-state index in [1.54, 1.807) is 23.2 Å². The summed E-state index contributed by atoms with van der Waals surface area (Å²) in [7, 11) is 0. The van der Waals surface area contributed by atoms with Gasteiger partial charge in [-0.2, -0.15) is 0 Å². The molecule has 2 aliphatic heterocycles. The molecule has 5 rings (SSSR count). The number of carbonyl (C=O) groups excluding carboxylic acids is 1.